The third kappa shape index (κ3) is 5.14. The molecule has 1 saturated heterocycles. The summed E-state index contributed by atoms with van der Waals surface area (Å²) >= 11 is 0. The van der Waals surface area contributed by atoms with Gasteiger partial charge in [0.1, 0.15) is 5.82 Å². The predicted octanol–water partition coefficient (Wildman–Crippen LogP) is 4.43. The number of hydrogen-bond acceptors (Lipinski definition) is 5. The number of likely N-dealkylation sites (tertiary alicyclic amines) is 1. The van der Waals surface area contributed by atoms with Crippen LogP contribution in [0.5, 0.6) is 0 Å². The smallest absolute Gasteiger partial charge is 0.228 e. The summed E-state index contributed by atoms with van der Waals surface area (Å²) in [6.45, 7) is 3.42. The van der Waals surface area contributed by atoms with Crippen molar-refractivity contribution in [3.05, 3.63) is 78.2 Å². The summed E-state index contributed by atoms with van der Waals surface area (Å²) in [5.41, 5.74) is 2.55. The Morgan fingerprint density at radius 1 is 0.964 bits per heavy atom. The van der Waals surface area contributed by atoms with Crippen molar-refractivity contribution in [1.82, 2.24) is 19.9 Å². The van der Waals surface area contributed by atoms with Crippen LogP contribution in [0.3, 0.4) is 0 Å². The maximum Gasteiger partial charge on any atom is 0.228 e. The second kappa shape index (κ2) is 9.42. The van der Waals surface area contributed by atoms with Gasteiger partial charge in [-0.25, -0.2) is 15.0 Å². The van der Waals surface area contributed by atoms with Crippen LogP contribution in [0.2, 0.25) is 0 Å². The second-order valence-corrected chi connectivity index (χ2v) is 7.37. The molecule has 1 aliphatic rings. The van der Waals surface area contributed by atoms with E-state index in [1.165, 1.54) is 31.4 Å². The van der Waals surface area contributed by atoms with Crippen molar-refractivity contribution < 1.29 is 0 Å². The van der Waals surface area contributed by atoms with Crippen LogP contribution in [-0.4, -0.2) is 39.5 Å². The van der Waals surface area contributed by atoms with Gasteiger partial charge in [-0.1, -0.05) is 36.4 Å². The Labute approximate surface area is 166 Å². The standard InChI is InChI=1S/C23H27N5/c1-2-8-19(9-3-1)10-6-16-28-17-7-11-20(18-28)21-13-15-25-23(26-21)27-22-12-4-5-14-24-22/h1-5,8-9,12-15,20H,6-7,10-11,16-18H2,(H,24,25,26,27). The van der Waals surface area contributed by atoms with Crippen molar-refractivity contribution in [2.75, 3.05) is 25.0 Å². The van der Waals surface area contributed by atoms with Gasteiger partial charge in [0, 0.05) is 24.9 Å². The van der Waals surface area contributed by atoms with E-state index in [0.29, 0.717) is 11.9 Å². The number of piperidine rings is 1. The van der Waals surface area contributed by atoms with Crippen molar-refractivity contribution in [2.24, 2.45) is 0 Å². The van der Waals surface area contributed by atoms with E-state index in [-0.39, 0.29) is 0 Å². The van der Waals surface area contributed by atoms with E-state index in [0.717, 1.165) is 31.0 Å². The van der Waals surface area contributed by atoms with Crippen molar-refractivity contribution >= 4 is 11.8 Å². The minimum Gasteiger partial charge on any atom is -0.309 e. The molecule has 3 heterocycles. The van der Waals surface area contributed by atoms with Crippen molar-refractivity contribution in [1.29, 1.82) is 0 Å². The van der Waals surface area contributed by atoms with E-state index in [9.17, 15) is 0 Å². The topological polar surface area (TPSA) is 53.9 Å². The number of pyridine rings is 1. The fraction of sp³-hybridized carbons (Fsp3) is 0.348. The molecule has 1 N–H and O–H groups in total. The fourth-order valence-corrected chi connectivity index (χ4v) is 3.86. The molecule has 0 spiro atoms. The molecule has 0 amide bonds. The number of nitrogens with one attached hydrogen (secondary N) is 1. The normalized spacial score (nSPS) is 17.4. The lowest BCUT2D eigenvalue weighted by molar-refractivity contribution is 0.204. The summed E-state index contributed by atoms with van der Waals surface area (Å²) in [4.78, 5) is 16.0. The lowest BCUT2D eigenvalue weighted by atomic mass is 9.94. The molecule has 28 heavy (non-hydrogen) atoms. The summed E-state index contributed by atoms with van der Waals surface area (Å²) < 4.78 is 0. The molecule has 0 saturated carbocycles. The first-order valence-corrected chi connectivity index (χ1v) is 10.1. The first-order chi connectivity index (χ1) is 13.9. The number of hydrogen-bond donors (Lipinski definition) is 1. The number of nitrogens with zero attached hydrogens (tertiary/aromatic N) is 4. The van der Waals surface area contributed by atoms with Crippen LogP contribution in [0, 0.1) is 0 Å². The van der Waals surface area contributed by atoms with Crippen LogP contribution in [0.25, 0.3) is 0 Å². The summed E-state index contributed by atoms with van der Waals surface area (Å²) in [5, 5.41) is 3.20. The lowest BCUT2D eigenvalue weighted by Crippen LogP contribution is -2.35. The Hall–Kier alpha value is -2.79. The highest BCUT2D eigenvalue weighted by Crippen LogP contribution is 2.26. The summed E-state index contributed by atoms with van der Waals surface area (Å²) in [6, 6.07) is 18.6. The van der Waals surface area contributed by atoms with Crippen molar-refractivity contribution in [2.45, 2.75) is 31.6 Å². The van der Waals surface area contributed by atoms with Crippen LogP contribution in [0.1, 0.15) is 36.4 Å². The van der Waals surface area contributed by atoms with E-state index in [1.54, 1.807) is 6.20 Å². The Balaban J connectivity index is 1.33. The van der Waals surface area contributed by atoms with Crippen LogP contribution in [-0.2, 0) is 6.42 Å². The quantitative estimate of drug-likeness (QED) is 0.664. The SMILES string of the molecule is c1ccc(CCCN2CCCC(c3ccnc(Nc4ccccn4)n3)C2)cc1. The molecule has 0 radical (unpaired) electrons. The zero-order valence-corrected chi connectivity index (χ0v) is 16.2. The summed E-state index contributed by atoms with van der Waals surface area (Å²) in [6.07, 6.45) is 8.38. The van der Waals surface area contributed by atoms with Crippen LogP contribution < -0.4 is 5.32 Å². The molecule has 0 bridgehead atoms. The van der Waals surface area contributed by atoms with E-state index in [4.69, 9.17) is 4.98 Å². The molecular formula is C23H27N5. The molecule has 5 heteroatoms. The third-order valence-electron chi connectivity index (χ3n) is 5.29. The maximum absolute atomic E-state index is 4.77. The van der Waals surface area contributed by atoms with Gasteiger partial charge in [0.15, 0.2) is 0 Å². The second-order valence-electron chi connectivity index (χ2n) is 7.37. The average Bonchev–Trinajstić information content (AvgIpc) is 2.76. The minimum atomic E-state index is 0.470. The molecule has 1 fully saturated rings. The number of anilines is 2. The van der Waals surface area contributed by atoms with Gasteiger partial charge in [0.25, 0.3) is 0 Å². The van der Waals surface area contributed by atoms with Gasteiger partial charge in [-0.3, -0.25) is 0 Å². The van der Waals surface area contributed by atoms with Crippen LogP contribution in [0.4, 0.5) is 11.8 Å². The molecule has 1 aromatic carbocycles. The highest BCUT2D eigenvalue weighted by Gasteiger charge is 2.22. The Morgan fingerprint density at radius 3 is 2.71 bits per heavy atom. The molecule has 2 aromatic heterocycles. The Bertz CT molecular complexity index is 853. The molecule has 1 atom stereocenters. The van der Waals surface area contributed by atoms with E-state index in [2.05, 4.69) is 56.6 Å². The molecule has 1 aliphatic heterocycles. The minimum absolute atomic E-state index is 0.470. The summed E-state index contributed by atoms with van der Waals surface area (Å²) in [5.74, 6) is 1.86. The van der Waals surface area contributed by atoms with Gasteiger partial charge in [0.2, 0.25) is 5.95 Å². The Morgan fingerprint density at radius 2 is 1.86 bits per heavy atom. The third-order valence-corrected chi connectivity index (χ3v) is 5.29. The van der Waals surface area contributed by atoms with E-state index < -0.39 is 0 Å². The van der Waals surface area contributed by atoms with Gasteiger partial charge >= 0.3 is 0 Å². The molecule has 0 aliphatic carbocycles. The zero-order chi connectivity index (χ0) is 19.0. The monoisotopic (exact) mass is 373 g/mol. The maximum atomic E-state index is 4.77. The van der Waals surface area contributed by atoms with Gasteiger partial charge in [-0.15, -0.1) is 0 Å². The van der Waals surface area contributed by atoms with Gasteiger partial charge in [-0.2, -0.15) is 0 Å². The number of benzene rings is 1. The van der Waals surface area contributed by atoms with Crippen LogP contribution in [0.15, 0.2) is 67.0 Å². The first-order valence-electron chi connectivity index (χ1n) is 10.1. The highest BCUT2D eigenvalue weighted by atomic mass is 15.2. The van der Waals surface area contributed by atoms with Gasteiger partial charge in [-0.05, 0) is 62.5 Å². The fourth-order valence-electron chi connectivity index (χ4n) is 3.86. The predicted molar refractivity (Wildman–Crippen MR) is 113 cm³/mol. The Kier molecular flexibility index (Phi) is 6.25. The average molecular weight is 374 g/mol. The molecule has 3 aromatic rings. The number of aryl methyl sites for hydroxylation is 1. The first kappa shape index (κ1) is 18.6. The number of aromatic nitrogens is 3. The highest BCUT2D eigenvalue weighted by molar-refractivity contribution is 5.46. The molecule has 5 nitrogen and oxygen atoms in total. The molecule has 4 rings (SSSR count). The van der Waals surface area contributed by atoms with Gasteiger partial charge in [0.05, 0.1) is 5.69 Å². The van der Waals surface area contributed by atoms with Crippen molar-refractivity contribution in [3.8, 4) is 0 Å². The van der Waals surface area contributed by atoms with E-state index in [1.807, 2.05) is 24.4 Å². The van der Waals surface area contributed by atoms with Crippen molar-refractivity contribution in [3.63, 3.8) is 0 Å². The summed E-state index contributed by atoms with van der Waals surface area (Å²) in [7, 11) is 0. The van der Waals surface area contributed by atoms with Crippen LogP contribution >= 0.6 is 0 Å². The lowest BCUT2D eigenvalue weighted by Gasteiger charge is -2.32. The molecular weight excluding hydrogens is 346 g/mol. The number of rotatable bonds is 7. The largest absolute Gasteiger partial charge is 0.309 e. The van der Waals surface area contributed by atoms with Gasteiger partial charge < -0.3 is 10.2 Å². The van der Waals surface area contributed by atoms with E-state index >= 15 is 0 Å². The zero-order valence-electron chi connectivity index (χ0n) is 16.2. The molecule has 1 unspecified atom stereocenters. The molecule has 144 valence electrons.